The third kappa shape index (κ3) is 6.24. The van der Waals surface area contributed by atoms with E-state index in [1.165, 1.54) is 0 Å². The largest absolute Gasteiger partial charge is 0.374 e. The number of ether oxygens (including phenoxy) is 1. The fourth-order valence-electron chi connectivity index (χ4n) is 1.27. The molecule has 19 heavy (non-hydrogen) atoms. The van der Waals surface area contributed by atoms with Gasteiger partial charge in [0.15, 0.2) is 0 Å². The molecule has 0 bridgehead atoms. The van der Waals surface area contributed by atoms with Crippen LogP contribution in [0.4, 0.5) is 14.6 Å². The van der Waals surface area contributed by atoms with Crippen LogP contribution in [0.5, 0.6) is 0 Å². The maximum Gasteiger partial charge on any atom is 0.261 e. The van der Waals surface area contributed by atoms with E-state index in [0.29, 0.717) is 22.8 Å². The molecule has 1 heterocycles. The first-order valence-corrected chi connectivity index (χ1v) is 6.73. The van der Waals surface area contributed by atoms with E-state index in [1.807, 2.05) is 20.8 Å². The van der Waals surface area contributed by atoms with Crippen LogP contribution in [0.1, 0.15) is 26.6 Å². The van der Waals surface area contributed by atoms with E-state index in [4.69, 9.17) is 4.74 Å². The predicted octanol–water partition coefficient (Wildman–Crippen LogP) is 3.23. The van der Waals surface area contributed by atoms with Crippen LogP contribution in [0.25, 0.3) is 0 Å². The van der Waals surface area contributed by atoms with Gasteiger partial charge in [0.1, 0.15) is 22.9 Å². The molecule has 0 unspecified atom stereocenters. The highest BCUT2D eigenvalue weighted by Crippen LogP contribution is 2.22. The van der Waals surface area contributed by atoms with Crippen molar-refractivity contribution in [2.45, 2.75) is 32.6 Å². The molecule has 0 spiro atoms. The molecular weight excluding hydrogens is 320 g/mol. The number of hydrogen-bond donors (Lipinski definition) is 1. The smallest absolute Gasteiger partial charge is 0.261 e. The van der Waals surface area contributed by atoms with E-state index in [0.717, 1.165) is 0 Å². The van der Waals surface area contributed by atoms with Gasteiger partial charge >= 0.3 is 0 Å². The van der Waals surface area contributed by atoms with Crippen molar-refractivity contribution >= 4 is 21.7 Å². The van der Waals surface area contributed by atoms with Crippen molar-refractivity contribution in [3.8, 4) is 0 Å². The second-order valence-corrected chi connectivity index (χ2v) is 5.85. The van der Waals surface area contributed by atoms with Crippen LogP contribution in [-0.4, -0.2) is 36.2 Å². The van der Waals surface area contributed by atoms with Crippen molar-refractivity contribution in [2.75, 3.05) is 25.1 Å². The highest BCUT2D eigenvalue weighted by atomic mass is 79.9. The van der Waals surface area contributed by atoms with Crippen molar-refractivity contribution in [1.29, 1.82) is 0 Å². The summed E-state index contributed by atoms with van der Waals surface area (Å²) in [5, 5.41) is 3.02. The van der Waals surface area contributed by atoms with Gasteiger partial charge in [0.2, 0.25) is 0 Å². The minimum Gasteiger partial charge on any atom is -0.374 e. The number of alkyl halides is 2. The molecule has 0 aliphatic rings. The lowest BCUT2D eigenvalue weighted by Gasteiger charge is -2.18. The maximum absolute atomic E-state index is 11.8. The summed E-state index contributed by atoms with van der Waals surface area (Å²) in [6.45, 7) is 6.14. The number of aromatic nitrogens is 2. The molecule has 0 amide bonds. The molecule has 1 aromatic heterocycles. The summed E-state index contributed by atoms with van der Waals surface area (Å²) in [4.78, 5) is 8.69. The molecule has 0 radical (unpaired) electrons. The van der Waals surface area contributed by atoms with Crippen LogP contribution < -0.4 is 5.32 Å². The van der Waals surface area contributed by atoms with Gasteiger partial charge in [0.25, 0.3) is 6.43 Å². The van der Waals surface area contributed by atoms with Gasteiger partial charge in [-0.3, -0.25) is 0 Å². The van der Waals surface area contributed by atoms with E-state index in [-0.39, 0.29) is 12.0 Å². The number of nitrogens with zero attached hydrogens (tertiary/aromatic N) is 2. The summed E-state index contributed by atoms with van der Waals surface area (Å²) in [7, 11) is 0. The molecule has 0 atom stereocenters. The first kappa shape index (κ1) is 16.2. The average molecular weight is 338 g/mol. The molecule has 0 fully saturated rings. The van der Waals surface area contributed by atoms with Crippen LogP contribution in [0.15, 0.2) is 10.7 Å². The lowest BCUT2D eigenvalue weighted by molar-refractivity contribution is 0.0215. The summed E-state index contributed by atoms with van der Waals surface area (Å²) >= 11 is 3.33. The molecule has 0 aliphatic heterocycles. The van der Waals surface area contributed by atoms with Crippen LogP contribution in [0.3, 0.4) is 0 Å². The van der Waals surface area contributed by atoms with Crippen molar-refractivity contribution in [3.05, 3.63) is 16.5 Å². The minimum absolute atomic E-state index is 0.160. The van der Waals surface area contributed by atoms with Crippen molar-refractivity contribution in [1.82, 2.24) is 9.97 Å². The lowest BCUT2D eigenvalue weighted by Crippen LogP contribution is -2.19. The second kappa shape index (κ2) is 7.09. The number of rotatable bonds is 6. The Morgan fingerprint density at radius 2 is 2.05 bits per heavy atom. The lowest BCUT2D eigenvalue weighted by atomic mass is 9.96. The summed E-state index contributed by atoms with van der Waals surface area (Å²) in [5.74, 6) is 1.35. The Balaban J connectivity index is 2.52. The normalized spacial score (nSPS) is 11.9. The number of halogens is 3. The zero-order valence-electron chi connectivity index (χ0n) is 11.2. The van der Waals surface area contributed by atoms with Gasteiger partial charge in [-0.05, 0) is 15.9 Å². The monoisotopic (exact) mass is 337 g/mol. The molecule has 108 valence electrons. The topological polar surface area (TPSA) is 47.0 Å². The molecular formula is C12H18BrF2N3O. The summed E-state index contributed by atoms with van der Waals surface area (Å²) in [6, 6.07) is 1.74. The van der Waals surface area contributed by atoms with Gasteiger partial charge < -0.3 is 10.1 Å². The molecule has 1 aromatic rings. The fourth-order valence-corrected chi connectivity index (χ4v) is 1.65. The Labute approximate surface area is 120 Å². The Morgan fingerprint density at radius 1 is 1.37 bits per heavy atom. The zero-order chi connectivity index (χ0) is 14.5. The summed E-state index contributed by atoms with van der Waals surface area (Å²) < 4.78 is 29.2. The fraction of sp³-hybridized carbons (Fsp3) is 0.667. The molecule has 7 heteroatoms. The molecule has 1 N–H and O–H groups in total. The van der Waals surface area contributed by atoms with Gasteiger partial charge in [-0.25, -0.2) is 18.7 Å². The molecule has 0 aliphatic carbocycles. The Bertz CT molecular complexity index is 410. The van der Waals surface area contributed by atoms with E-state index >= 15 is 0 Å². The Hall–Kier alpha value is -0.820. The quantitative estimate of drug-likeness (QED) is 0.639. The van der Waals surface area contributed by atoms with Gasteiger partial charge in [0.05, 0.1) is 6.61 Å². The second-order valence-electron chi connectivity index (χ2n) is 5.04. The van der Waals surface area contributed by atoms with Crippen LogP contribution in [0, 0.1) is 0 Å². The average Bonchev–Trinajstić information content (AvgIpc) is 2.26. The SMILES string of the molecule is CC(C)(C)c1nc(Br)cc(NCCOCC(F)F)n1. The summed E-state index contributed by atoms with van der Waals surface area (Å²) in [5.41, 5.74) is -0.160. The van der Waals surface area contributed by atoms with E-state index in [2.05, 4.69) is 31.2 Å². The number of nitrogens with one attached hydrogen (secondary N) is 1. The van der Waals surface area contributed by atoms with E-state index in [1.54, 1.807) is 6.07 Å². The third-order valence-corrected chi connectivity index (χ3v) is 2.57. The third-order valence-electron chi connectivity index (χ3n) is 2.16. The molecule has 1 rings (SSSR count). The standard InChI is InChI=1S/C12H18BrF2N3O/c1-12(2,3)11-17-8(13)6-10(18-11)16-4-5-19-7-9(14)15/h6,9H,4-5,7H2,1-3H3,(H,16,17,18). The van der Waals surface area contributed by atoms with Gasteiger partial charge in [-0.1, -0.05) is 20.8 Å². The van der Waals surface area contributed by atoms with Gasteiger partial charge in [-0.2, -0.15) is 0 Å². The highest BCUT2D eigenvalue weighted by molar-refractivity contribution is 9.10. The molecule has 4 nitrogen and oxygen atoms in total. The molecule has 0 saturated carbocycles. The Kier molecular flexibility index (Phi) is 6.06. The zero-order valence-corrected chi connectivity index (χ0v) is 12.8. The first-order valence-electron chi connectivity index (χ1n) is 5.94. The van der Waals surface area contributed by atoms with Crippen LogP contribution in [0.2, 0.25) is 0 Å². The van der Waals surface area contributed by atoms with Crippen molar-refractivity contribution in [2.24, 2.45) is 0 Å². The first-order chi connectivity index (χ1) is 8.79. The van der Waals surface area contributed by atoms with Crippen molar-refractivity contribution < 1.29 is 13.5 Å². The highest BCUT2D eigenvalue weighted by Gasteiger charge is 2.18. The molecule has 0 saturated heterocycles. The van der Waals surface area contributed by atoms with Gasteiger partial charge in [-0.15, -0.1) is 0 Å². The van der Waals surface area contributed by atoms with Gasteiger partial charge in [0, 0.05) is 18.0 Å². The summed E-state index contributed by atoms with van der Waals surface area (Å²) in [6.07, 6.45) is -2.43. The van der Waals surface area contributed by atoms with Crippen molar-refractivity contribution in [3.63, 3.8) is 0 Å². The number of hydrogen-bond acceptors (Lipinski definition) is 4. The predicted molar refractivity (Wildman–Crippen MR) is 73.7 cm³/mol. The van der Waals surface area contributed by atoms with E-state index in [9.17, 15) is 8.78 Å². The van der Waals surface area contributed by atoms with Crippen LogP contribution in [-0.2, 0) is 10.2 Å². The maximum atomic E-state index is 11.8. The Morgan fingerprint density at radius 3 is 2.63 bits per heavy atom. The van der Waals surface area contributed by atoms with Crippen LogP contribution >= 0.6 is 15.9 Å². The molecule has 0 aromatic carbocycles. The van der Waals surface area contributed by atoms with E-state index < -0.39 is 13.0 Å². The number of anilines is 1. The minimum atomic E-state index is -2.43.